The fourth-order valence-electron chi connectivity index (χ4n) is 2.02. The van der Waals surface area contributed by atoms with Gasteiger partial charge in [-0.2, -0.15) is 5.10 Å². The van der Waals surface area contributed by atoms with Gasteiger partial charge in [0.2, 0.25) is 5.91 Å². The van der Waals surface area contributed by atoms with Crippen LogP contribution in [0.1, 0.15) is 26.3 Å². The van der Waals surface area contributed by atoms with Gasteiger partial charge in [-0.3, -0.25) is 4.79 Å². The molecule has 1 aromatic rings. The number of anilines is 1. The summed E-state index contributed by atoms with van der Waals surface area (Å²) in [4.78, 5) is 10.9. The van der Waals surface area contributed by atoms with E-state index in [1.165, 1.54) is 19.1 Å². The predicted molar refractivity (Wildman–Crippen MR) is 74.1 cm³/mol. The summed E-state index contributed by atoms with van der Waals surface area (Å²) < 4.78 is 13.3. The lowest BCUT2D eigenvalue weighted by atomic mass is 9.87. The maximum absolute atomic E-state index is 13.3. The fraction of sp³-hybridized carbons (Fsp3) is 0.385. The molecule has 0 aromatic heterocycles. The molecule has 0 atom stereocenters. The van der Waals surface area contributed by atoms with Crippen molar-refractivity contribution in [3.8, 4) is 0 Å². The zero-order valence-electron chi connectivity index (χ0n) is 11.0. The van der Waals surface area contributed by atoms with Gasteiger partial charge >= 0.3 is 0 Å². The lowest BCUT2D eigenvalue weighted by Gasteiger charge is -2.35. The first kappa shape index (κ1) is 13.8. The van der Waals surface area contributed by atoms with E-state index in [1.807, 2.05) is 13.8 Å². The van der Waals surface area contributed by atoms with Gasteiger partial charge in [-0.1, -0.05) is 11.6 Å². The van der Waals surface area contributed by atoms with Gasteiger partial charge in [-0.25, -0.2) is 9.82 Å². The molecule has 19 heavy (non-hydrogen) atoms. The van der Waals surface area contributed by atoms with Crippen molar-refractivity contribution in [3.63, 3.8) is 0 Å². The average Bonchev–Trinajstić information content (AvgIpc) is 2.24. The second kappa shape index (κ2) is 4.81. The Morgan fingerprint density at radius 2 is 2.21 bits per heavy atom. The van der Waals surface area contributed by atoms with Crippen LogP contribution in [0.15, 0.2) is 17.2 Å². The lowest BCUT2D eigenvalue weighted by molar-refractivity contribution is -0.118. The van der Waals surface area contributed by atoms with Gasteiger partial charge in [0, 0.05) is 24.1 Å². The summed E-state index contributed by atoms with van der Waals surface area (Å²) >= 11 is 6.05. The molecule has 0 unspecified atom stereocenters. The largest absolute Gasteiger partial charge is 0.374 e. The smallest absolute Gasteiger partial charge is 0.236 e. The van der Waals surface area contributed by atoms with Crippen molar-refractivity contribution in [2.45, 2.75) is 32.7 Å². The molecule has 0 radical (unpaired) electrons. The number of rotatable bonds is 1. The molecule has 102 valence electrons. The maximum Gasteiger partial charge on any atom is 0.236 e. The third kappa shape index (κ3) is 2.87. The first-order chi connectivity index (χ1) is 8.79. The summed E-state index contributed by atoms with van der Waals surface area (Å²) in [7, 11) is 0. The molecule has 0 aliphatic carbocycles. The molecule has 1 aromatic carbocycles. The van der Waals surface area contributed by atoms with Crippen LogP contribution < -0.4 is 10.7 Å². The molecular weight excluding hydrogens is 269 g/mol. The molecule has 6 heteroatoms. The minimum Gasteiger partial charge on any atom is -0.374 e. The molecule has 1 aliphatic rings. The number of benzene rings is 1. The Bertz CT molecular complexity index is 569. The van der Waals surface area contributed by atoms with Gasteiger partial charge < -0.3 is 5.32 Å². The highest BCUT2D eigenvalue weighted by Gasteiger charge is 2.32. The van der Waals surface area contributed by atoms with Crippen LogP contribution in [-0.4, -0.2) is 17.2 Å². The van der Waals surface area contributed by atoms with E-state index in [4.69, 9.17) is 11.6 Å². The fourth-order valence-corrected chi connectivity index (χ4v) is 2.29. The van der Waals surface area contributed by atoms with Crippen LogP contribution >= 0.6 is 11.6 Å². The third-order valence-electron chi connectivity index (χ3n) is 3.02. The molecule has 4 nitrogen and oxygen atoms in total. The van der Waals surface area contributed by atoms with E-state index in [-0.39, 0.29) is 11.7 Å². The standard InChI is InChI=1S/C13H15ClFN3O/c1-7(19)17-18-12-6-9-10(14)4-8(15)5-11(9)16-13(12,2)3/h4-5,16H,6H2,1-3H3,(H,17,19)/b18-12+. The zero-order valence-corrected chi connectivity index (χ0v) is 11.7. The van der Waals surface area contributed by atoms with Crippen molar-refractivity contribution in [1.29, 1.82) is 0 Å². The highest BCUT2D eigenvalue weighted by atomic mass is 35.5. The first-order valence-corrected chi connectivity index (χ1v) is 6.27. The molecule has 0 fully saturated rings. The van der Waals surface area contributed by atoms with Gasteiger partial charge in [-0.05, 0) is 31.5 Å². The number of amides is 1. The molecular formula is C13H15ClFN3O. The minimum absolute atomic E-state index is 0.237. The highest BCUT2D eigenvalue weighted by Crippen LogP contribution is 2.34. The summed E-state index contributed by atoms with van der Waals surface area (Å²) in [5.41, 5.74) is 4.13. The van der Waals surface area contributed by atoms with Crippen molar-refractivity contribution < 1.29 is 9.18 Å². The summed E-state index contributed by atoms with van der Waals surface area (Å²) in [5.74, 6) is -0.617. The monoisotopic (exact) mass is 283 g/mol. The average molecular weight is 284 g/mol. The maximum atomic E-state index is 13.3. The Labute approximate surface area is 116 Å². The third-order valence-corrected chi connectivity index (χ3v) is 3.36. The number of nitrogens with one attached hydrogen (secondary N) is 2. The van der Waals surface area contributed by atoms with Gasteiger partial charge in [0.15, 0.2) is 0 Å². The summed E-state index contributed by atoms with van der Waals surface area (Å²) in [6, 6.07) is 2.69. The van der Waals surface area contributed by atoms with Crippen molar-refractivity contribution >= 4 is 28.9 Å². The first-order valence-electron chi connectivity index (χ1n) is 5.89. The van der Waals surface area contributed by atoms with Crippen LogP contribution in [0.4, 0.5) is 10.1 Å². The number of hydrogen-bond acceptors (Lipinski definition) is 3. The molecule has 0 bridgehead atoms. The van der Waals surface area contributed by atoms with Crippen LogP contribution in [0.5, 0.6) is 0 Å². The minimum atomic E-state index is -0.480. The van der Waals surface area contributed by atoms with Gasteiger partial charge in [0.1, 0.15) is 5.82 Å². The molecule has 2 rings (SSSR count). The van der Waals surface area contributed by atoms with Gasteiger partial charge in [0.05, 0.1) is 11.3 Å². The molecule has 0 spiro atoms. The molecule has 1 aliphatic heterocycles. The Balaban J connectivity index is 2.42. The van der Waals surface area contributed by atoms with Crippen molar-refractivity contribution in [1.82, 2.24) is 5.43 Å². The van der Waals surface area contributed by atoms with Gasteiger partial charge in [0.25, 0.3) is 0 Å². The van der Waals surface area contributed by atoms with E-state index in [2.05, 4.69) is 15.8 Å². The molecule has 0 saturated carbocycles. The number of halogens is 2. The summed E-state index contributed by atoms with van der Waals surface area (Å²) in [6.45, 7) is 5.22. The van der Waals surface area contributed by atoms with E-state index in [9.17, 15) is 9.18 Å². The predicted octanol–water partition coefficient (Wildman–Crippen LogP) is 2.72. The van der Waals surface area contributed by atoms with E-state index >= 15 is 0 Å². The van der Waals surface area contributed by atoms with Crippen molar-refractivity contribution in [2.24, 2.45) is 5.10 Å². The molecule has 1 heterocycles. The second-order valence-electron chi connectivity index (χ2n) is 5.07. The number of fused-ring (bicyclic) bond motifs is 1. The Kier molecular flexibility index (Phi) is 3.49. The van der Waals surface area contributed by atoms with E-state index in [0.717, 1.165) is 11.3 Å². The van der Waals surface area contributed by atoms with Crippen LogP contribution in [0.25, 0.3) is 0 Å². The zero-order chi connectivity index (χ0) is 14.2. The van der Waals surface area contributed by atoms with Crippen LogP contribution in [0, 0.1) is 5.82 Å². The molecule has 2 N–H and O–H groups in total. The number of carbonyl (C=O) groups is 1. The Morgan fingerprint density at radius 3 is 2.84 bits per heavy atom. The Morgan fingerprint density at radius 1 is 1.53 bits per heavy atom. The van der Waals surface area contributed by atoms with Crippen LogP contribution in [0.2, 0.25) is 5.02 Å². The number of hydrazone groups is 1. The quantitative estimate of drug-likeness (QED) is 0.779. The lowest BCUT2D eigenvalue weighted by Crippen LogP contribution is -2.46. The van der Waals surface area contributed by atoms with E-state index in [0.29, 0.717) is 17.1 Å². The summed E-state index contributed by atoms with van der Waals surface area (Å²) in [6.07, 6.45) is 0.467. The topological polar surface area (TPSA) is 53.5 Å². The number of nitrogens with zero attached hydrogens (tertiary/aromatic N) is 1. The van der Waals surface area contributed by atoms with Crippen molar-refractivity contribution in [3.05, 3.63) is 28.5 Å². The van der Waals surface area contributed by atoms with Crippen molar-refractivity contribution in [2.75, 3.05) is 5.32 Å². The molecule has 0 saturated heterocycles. The molecule has 1 amide bonds. The van der Waals surface area contributed by atoms with E-state index < -0.39 is 5.54 Å². The van der Waals surface area contributed by atoms with E-state index in [1.54, 1.807) is 0 Å². The SMILES string of the molecule is CC(=O)N/N=C1\Cc2c(Cl)cc(F)cc2NC1(C)C. The normalized spacial score (nSPS) is 18.7. The second-order valence-corrected chi connectivity index (χ2v) is 5.47. The van der Waals surface area contributed by atoms with Crippen LogP contribution in [-0.2, 0) is 11.2 Å². The Hall–Kier alpha value is -1.62. The van der Waals surface area contributed by atoms with Crippen LogP contribution in [0.3, 0.4) is 0 Å². The van der Waals surface area contributed by atoms with Gasteiger partial charge in [-0.15, -0.1) is 0 Å². The summed E-state index contributed by atoms with van der Waals surface area (Å²) in [5, 5.41) is 7.64. The highest BCUT2D eigenvalue weighted by molar-refractivity contribution is 6.32. The number of hydrogen-bond donors (Lipinski definition) is 2. The number of carbonyl (C=O) groups excluding carboxylic acids is 1.